The first-order valence-corrected chi connectivity index (χ1v) is 10.0. The van der Waals surface area contributed by atoms with E-state index in [9.17, 15) is 4.79 Å². The van der Waals surface area contributed by atoms with Crippen molar-refractivity contribution in [3.05, 3.63) is 48.7 Å². The zero-order chi connectivity index (χ0) is 19.7. The number of carbonyl (C=O) groups is 1. The van der Waals surface area contributed by atoms with Crippen LogP contribution < -0.4 is 4.74 Å². The van der Waals surface area contributed by atoms with Crippen molar-refractivity contribution in [2.75, 3.05) is 26.8 Å². The molecule has 5 atom stereocenters. The summed E-state index contributed by atoms with van der Waals surface area (Å²) in [4.78, 5) is 18.7. The van der Waals surface area contributed by atoms with Crippen molar-refractivity contribution in [1.29, 1.82) is 0 Å². The Balaban J connectivity index is 1.74. The molecule has 0 radical (unpaired) electrons. The number of Topliss-reactive ketones (excluding diaryl/α,β-unsaturated/α-hetero) is 1. The largest absolute Gasteiger partial charge is 0.497 e. The summed E-state index contributed by atoms with van der Waals surface area (Å²) >= 11 is 0. The third kappa shape index (κ3) is 3.56. The van der Waals surface area contributed by atoms with E-state index in [2.05, 4.69) is 22.5 Å². The van der Waals surface area contributed by atoms with Gasteiger partial charge in [0.2, 0.25) is 0 Å². The second-order valence-electron chi connectivity index (χ2n) is 7.96. The predicted octanol–water partition coefficient (Wildman–Crippen LogP) is 3.79. The molecule has 0 spiro atoms. The molecule has 4 heterocycles. The average Bonchev–Trinajstić information content (AvgIpc) is 2.73. The molecule has 2 bridgehead atoms. The number of aromatic nitrogens is 1. The second-order valence-corrected chi connectivity index (χ2v) is 7.96. The van der Waals surface area contributed by atoms with Crippen LogP contribution >= 0.6 is 0 Å². The summed E-state index contributed by atoms with van der Waals surface area (Å²) in [6.07, 6.45) is 6.03. The minimum Gasteiger partial charge on any atom is -0.497 e. The van der Waals surface area contributed by atoms with E-state index in [0.717, 1.165) is 41.7 Å². The highest BCUT2D eigenvalue weighted by Gasteiger charge is 2.43. The molecule has 148 valence electrons. The lowest BCUT2D eigenvalue weighted by atomic mass is 9.73. The van der Waals surface area contributed by atoms with Crippen molar-refractivity contribution in [3.63, 3.8) is 0 Å². The molecular weight excluding hydrogens is 352 g/mol. The van der Waals surface area contributed by atoms with Crippen molar-refractivity contribution in [3.8, 4) is 5.75 Å². The molecule has 0 N–H and O–H groups in total. The Morgan fingerprint density at radius 3 is 2.96 bits per heavy atom. The number of benzene rings is 1. The van der Waals surface area contributed by atoms with Gasteiger partial charge in [0.1, 0.15) is 12.4 Å². The number of pyridine rings is 1. The minimum atomic E-state index is -0.171. The summed E-state index contributed by atoms with van der Waals surface area (Å²) in [5.41, 5.74) is 1.99. The molecule has 3 aliphatic heterocycles. The van der Waals surface area contributed by atoms with Gasteiger partial charge in [-0.1, -0.05) is 6.08 Å². The lowest BCUT2D eigenvalue weighted by Crippen LogP contribution is -2.55. The Morgan fingerprint density at radius 1 is 1.43 bits per heavy atom. The predicted molar refractivity (Wildman–Crippen MR) is 109 cm³/mol. The molecule has 0 amide bonds. The lowest BCUT2D eigenvalue weighted by Gasteiger charge is -2.51. The van der Waals surface area contributed by atoms with Gasteiger partial charge in [-0.05, 0) is 68.0 Å². The number of methoxy groups -OCH3 is 1. The van der Waals surface area contributed by atoms with E-state index in [0.29, 0.717) is 11.8 Å². The highest BCUT2D eigenvalue weighted by Crippen LogP contribution is 2.43. The fourth-order valence-electron chi connectivity index (χ4n) is 4.83. The number of ketones is 1. The Kier molecular flexibility index (Phi) is 5.47. The van der Waals surface area contributed by atoms with Crippen molar-refractivity contribution >= 4 is 16.7 Å². The normalized spacial score (nSPS) is 27.5. The molecule has 5 heteroatoms. The highest BCUT2D eigenvalue weighted by atomic mass is 16.5. The minimum absolute atomic E-state index is 0.0425. The van der Waals surface area contributed by atoms with Crippen LogP contribution in [0.3, 0.4) is 0 Å². The van der Waals surface area contributed by atoms with Crippen LogP contribution in [0.4, 0.5) is 0 Å². The quantitative estimate of drug-likeness (QED) is 0.684. The van der Waals surface area contributed by atoms with E-state index >= 15 is 0 Å². The summed E-state index contributed by atoms with van der Waals surface area (Å²) in [6, 6.07) is 8.20. The molecular formula is C23H28N2O3. The molecule has 2 aromatic rings. The molecule has 5 rings (SSSR count). The molecule has 2 unspecified atom stereocenters. The van der Waals surface area contributed by atoms with Crippen molar-refractivity contribution in [1.82, 2.24) is 9.88 Å². The molecule has 1 aromatic heterocycles. The number of fused-ring (bicyclic) bond motifs is 4. The first kappa shape index (κ1) is 19.1. The van der Waals surface area contributed by atoms with Gasteiger partial charge in [-0.25, -0.2) is 0 Å². The van der Waals surface area contributed by atoms with Gasteiger partial charge in [-0.3, -0.25) is 14.7 Å². The van der Waals surface area contributed by atoms with Crippen LogP contribution in [-0.2, 0) is 9.53 Å². The average molecular weight is 380 g/mol. The van der Waals surface area contributed by atoms with Crippen molar-refractivity contribution in [2.45, 2.75) is 31.9 Å². The van der Waals surface area contributed by atoms with E-state index in [4.69, 9.17) is 9.47 Å². The number of rotatable bonds is 7. The zero-order valence-corrected chi connectivity index (χ0v) is 16.6. The SMILES string of the molecule is C=C[C@@H]1CN2CCC1C[C@@H]2[C@@H](OCC(C)=O)c1ccnc2ccc(OC)cc12. The van der Waals surface area contributed by atoms with Gasteiger partial charge in [0.05, 0.1) is 18.7 Å². The number of nitrogens with zero attached hydrogens (tertiary/aromatic N) is 2. The van der Waals surface area contributed by atoms with Crippen LogP contribution in [-0.4, -0.2) is 48.5 Å². The first-order chi connectivity index (χ1) is 13.6. The summed E-state index contributed by atoms with van der Waals surface area (Å²) in [5.74, 6) is 2.02. The highest BCUT2D eigenvalue weighted by molar-refractivity contribution is 5.84. The van der Waals surface area contributed by atoms with Crippen LogP contribution in [0.5, 0.6) is 5.75 Å². The summed E-state index contributed by atoms with van der Waals surface area (Å²) in [7, 11) is 1.67. The maximum Gasteiger partial charge on any atom is 0.155 e. The Morgan fingerprint density at radius 2 is 2.29 bits per heavy atom. The monoisotopic (exact) mass is 380 g/mol. The Labute approximate surface area is 166 Å². The molecule has 3 fully saturated rings. The van der Waals surface area contributed by atoms with E-state index in [-0.39, 0.29) is 24.5 Å². The van der Waals surface area contributed by atoms with Crippen molar-refractivity contribution in [2.24, 2.45) is 11.8 Å². The number of ether oxygens (including phenoxy) is 2. The third-order valence-electron chi connectivity index (χ3n) is 6.26. The number of hydrogen-bond donors (Lipinski definition) is 0. The molecule has 0 saturated carbocycles. The summed E-state index contributed by atoms with van der Waals surface area (Å²) in [6.45, 7) is 7.82. The van der Waals surface area contributed by atoms with E-state index in [1.165, 1.54) is 6.42 Å². The van der Waals surface area contributed by atoms with Crippen LogP contribution in [0.1, 0.15) is 31.4 Å². The van der Waals surface area contributed by atoms with Gasteiger partial charge in [-0.15, -0.1) is 6.58 Å². The maximum absolute atomic E-state index is 11.7. The number of hydrogen-bond acceptors (Lipinski definition) is 5. The van der Waals surface area contributed by atoms with Gasteiger partial charge in [0.25, 0.3) is 0 Å². The Hall–Kier alpha value is -2.24. The van der Waals surface area contributed by atoms with Crippen LogP contribution in [0.2, 0.25) is 0 Å². The zero-order valence-electron chi connectivity index (χ0n) is 16.6. The van der Waals surface area contributed by atoms with E-state index < -0.39 is 0 Å². The van der Waals surface area contributed by atoms with Gasteiger partial charge in [0.15, 0.2) is 5.78 Å². The molecule has 3 aliphatic rings. The lowest BCUT2D eigenvalue weighted by molar-refractivity contribution is -0.128. The van der Waals surface area contributed by atoms with Crippen LogP contribution in [0, 0.1) is 11.8 Å². The van der Waals surface area contributed by atoms with E-state index in [1.54, 1.807) is 14.0 Å². The Bertz CT molecular complexity index is 881. The molecule has 1 aromatic carbocycles. The standard InChI is InChI=1S/C23H28N2O3/c1-4-16-13-25-10-8-17(16)11-22(25)23(28-14-15(2)26)19-7-9-24-21-6-5-18(27-3)12-20(19)21/h4-7,9,12,16-17,22-23H,1,8,10-11,13-14H2,2-3H3/t16-,17?,22-,23+/m1/s1. The van der Waals surface area contributed by atoms with Gasteiger partial charge < -0.3 is 9.47 Å². The fourth-order valence-corrected chi connectivity index (χ4v) is 4.83. The van der Waals surface area contributed by atoms with Gasteiger partial charge in [-0.2, -0.15) is 0 Å². The number of carbonyl (C=O) groups excluding carboxylic acids is 1. The fraction of sp³-hybridized carbons (Fsp3) is 0.478. The molecule has 5 nitrogen and oxygen atoms in total. The second kappa shape index (κ2) is 8.02. The van der Waals surface area contributed by atoms with Crippen LogP contribution in [0.15, 0.2) is 43.1 Å². The van der Waals surface area contributed by atoms with Crippen molar-refractivity contribution < 1.29 is 14.3 Å². The van der Waals surface area contributed by atoms with E-state index in [1.807, 2.05) is 30.5 Å². The molecule has 0 aliphatic carbocycles. The molecule has 3 saturated heterocycles. The summed E-state index contributed by atoms with van der Waals surface area (Å²) in [5, 5.41) is 1.03. The first-order valence-electron chi connectivity index (χ1n) is 10.0. The smallest absolute Gasteiger partial charge is 0.155 e. The third-order valence-corrected chi connectivity index (χ3v) is 6.26. The van der Waals surface area contributed by atoms with Gasteiger partial charge >= 0.3 is 0 Å². The number of piperidine rings is 3. The topological polar surface area (TPSA) is 51.7 Å². The van der Waals surface area contributed by atoms with Crippen LogP contribution in [0.25, 0.3) is 10.9 Å². The summed E-state index contributed by atoms with van der Waals surface area (Å²) < 4.78 is 11.7. The molecule has 28 heavy (non-hydrogen) atoms. The van der Waals surface area contributed by atoms with Gasteiger partial charge in [0, 0.05) is 24.2 Å². The maximum atomic E-state index is 11.7.